The van der Waals surface area contributed by atoms with Gasteiger partial charge in [-0.2, -0.15) is 0 Å². The highest BCUT2D eigenvalue weighted by molar-refractivity contribution is 9.10. The molecule has 3 aromatic carbocycles. The molecular formula is C26H22BrClN4O3. The molecule has 0 saturated heterocycles. The lowest BCUT2D eigenvalue weighted by atomic mass is 10.1. The van der Waals surface area contributed by atoms with Crippen molar-refractivity contribution in [3.8, 4) is 11.3 Å². The smallest absolute Gasteiger partial charge is 0.246 e. The number of halogens is 2. The summed E-state index contributed by atoms with van der Waals surface area (Å²) in [6.07, 6.45) is 1.01. The Labute approximate surface area is 215 Å². The van der Waals surface area contributed by atoms with Gasteiger partial charge >= 0.3 is 0 Å². The molecule has 0 bridgehead atoms. The van der Waals surface area contributed by atoms with Crippen molar-refractivity contribution >= 4 is 44.8 Å². The second-order valence-corrected chi connectivity index (χ2v) is 9.58. The number of aliphatic hydroxyl groups excluding tert-OH is 2. The monoisotopic (exact) mass is 552 g/mol. The van der Waals surface area contributed by atoms with Gasteiger partial charge in [-0.1, -0.05) is 48.0 Å². The Balaban J connectivity index is 1.47. The molecular weight excluding hydrogens is 532 g/mol. The normalized spacial score (nSPS) is 16.9. The maximum Gasteiger partial charge on any atom is 0.246 e. The minimum atomic E-state index is -1.23. The Morgan fingerprint density at radius 2 is 1.89 bits per heavy atom. The Morgan fingerprint density at radius 1 is 1.11 bits per heavy atom. The Kier molecular flexibility index (Phi) is 6.62. The van der Waals surface area contributed by atoms with Crippen LogP contribution in [0.1, 0.15) is 17.2 Å². The molecule has 7 nitrogen and oxygen atoms in total. The van der Waals surface area contributed by atoms with Crippen molar-refractivity contribution in [3.63, 3.8) is 0 Å². The van der Waals surface area contributed by atoms with Crippen LogP contribution in [0.5, 0.6) is 0 Å². The van der Waals surface area contributed by atoms with Crippen LogP contribution in [0.3, 0.4) is 0 Å². The molecule has 0 fully saturated rings. The molecule has 2 heterocycles. The molecule has 1 aliphatic rings. The lowest BCUT2D eigenvalue weighted by molar-refractivity contribution is -0.118. The third kappa shape index (κ3) is 4.70. The quantitative estimate of drug-likeness (QED) is 0.316. The van der Waals surface area contributed by atoms with E-state index >= 15 is 0 Å². The van der Waals surface area contributed by atoms with Crippen LogP contribution >= 0.6 is 27.5 Å². The predicted molar refractivity (Wildman–Crippen MR) is 139 cm³/mol. The number of para-hydroxylation sites is 1. The molecule has 5 rings (SSSR count). The summed E-state index contributed by atoms with van der Waals surface area (Å²) in [4.78, 5) is 24.0. The van der Waals surface area contributed by atoms with Crippen molar-refractivity contribution in [1.29, 1.82) is 0 Å². The van der Waals surface area contributed by atoms with Crippen molar-refractivity contribution in [2.75, 3.05) is 16.3 Å². The van der Waals surface area contributed by atoms with E-state index in [0.717, 1.165) is 16.8 Å². The van der Waals surface area contributed by atoms with Crippen LogP contribution in [0.2, 0.25) is 5.02 Å². The minimum Gasteiger partial charge on any atom is -0.384 e. The number of amides is 1. The van der Waals surface area contributed by atoms with E-state index in [1.54, 1.807) is 35.6 Å². The standard InChI is InChI=1S/C26H22BrClN4O3/c27-21-6-2-5-20-24(21)32(26(35)25(20)34)14-23(33)31(13-16-3-1-4-18(28)11-16)19-9-7-17(8-10-19)22-12-29-15-30-22/h1-12,15,25-26,34-35H,13-14H2,(H,29,30). The molecule has 0 radical (unpaired) electrons. The van der Waals surface area contributed by atoms with Crippen LogP contribution in [-0.4, -0.2) is 38.9 Å². The number of fused-ring (bicyclic) bond motifs is 1. The fourth-order valence-corrected chi connectivity index (χ4v) is 5.14. The number of carbonyl (C=O) groups is 1. The van der Waals surface area contributed by atoms with E-state index < -0.39 is 12.3 Å². The van der Waals surface area contributed by atoms with Gasteiger partial charge in [0, 0.05) is 20.7 Å². The van der Waals surface area contributed by atoms with Crippen molar-refractivity contribution < 1.29 is 15.0 Å². The highest BCUT2D eigenvalue weighted by Crippen LogP contribution is 2.43. The second-order valence-electron chi connectivity index (χ2n) is 8.29. The van der Waals surface area contributed by atoms with E-state index in [4.69, 9.17) is 11.6 Å². The molecule has 4 aromatic rings. The molecule has 0 spiro atoms. The van der Waals surface area contributed by atoms with Gasteiger partial charge in [0.05, 0.1) is 30.5 Å². The molecule has 0 aliphatic carbocycles. The summed E-state index contributed by atoms with van der Waals surface area (Å²) in [5.74, 6) is -0.242. The molecule has 1 aliphatic heterocycles. The first-order valence-electron chi connectivity index (χ1n) is 11.0. The number of aromatic nitrogens is 2. The lowest BCUT2D eigenvalue weighted by Gasteiger charge is -2.29. The molecule has 0 saturated carbocycles. The highest BCUT2D eigenvalue weighted by atomic mass is 79.9. The molecule has 178 valence electrons. The van der Waals surface area contributed by atoms with Crippen LogP contribution < -0.4 is 9.80 Å². The third-order valence-electron chi connectivity index (χ3n) is 6.05. The minimum absolute atomic E-state index is 0.128. The lowest BCUT2D eigenvalue weighted by Crippen LogP contribution is -2.44. The first kappa shape index (κ1) is 23.6. The number of H-pyrrole nitrogens is 1. The average Bonchev–Trinajstić information content (AvgIpc) is 3.47. The summed E-state index contributed by atoms with van der Waals surface area (Å²) in [7, 11) is 0. The Bertz CT molecular complexity index is 1350. The molecule has 35 heavy (non-hydrogen) atoms. The SMILES string of the molecule is O=C(CN1c2c(Br)cccc2C(O)C1O)N(Cc1cccc(Cl)c1)c1ccc(-c2cnc[nH]2)cc1. The first-order chi connectivity index (χ1) is 16.9. The van der Waals surface area contributed by atoms with E-state index in [1.807, 2.05) is 48.5 Å². The largest absolute Gasteiger partial charge is 0.384 e. The van der Waals surface area contributed by atoms with E-state index in [9.17, 15) is 15.0 Å². The number of carbonyl (C=O) groups excluding carboxylic acids is 1. The van der Waals surface area contributed by atoms with E-state index in [0.29, 0.717) is 26.4 Å². The van der Waals surface area contributed by atoms with Crippen LogP contribution in [0.15, 0.2) is 83.7 Å². The van der Waals surface area contributed by atoms with E-state index in [1.165, 1.54) is 4.90 Å². The Morgan fingerprint density at radius 3 is 2.60 bits per heavy atom. The number of nitrogens with zero attached hydrogens (tertiary/aromatic N) is 3. The van der Waals surface area contributed by atoms with Gasteiger partial charge in [-0.3, -0.25) is 4.79 Å². The van der Waals surface area contributed by atoms with Crippen LogP contribution in [0.25, 0.3) is 11.3 Å². The number of aromatic amines is 1. The Hall–Kier alpha value is -3.17. The number of nitrogens with one attached hydrogen (secondary N) is 1. The van der Waals surface area contributed by atoms with Gasteiger partial charge in [0.1, 0.15) is 12.6 Å². The molecule has 2 unspecified atom stereocenters. The van der Waals surface area contributed by atoms with Crippen LogP contribution in [-0.2, 0) is 11.3 Å². The van der Waals surface area contributed by atoms with Gasteiger partial charge in [0.25, 0.3) is 0 Å². The number of rotatable bonds is 6. The fraction of sp³-hybridized carbons (Fsp3) is 0.154. The highest BCUT2D eigenvalue weighted by Gasteiger charge is 2.39. The summed E-state index contributed by atoms with van der Waals surface area (Å²) >= 11 is 9.68. The van der Waals surface area contributed by atoms with Gasteiger partial charge in [-0.15, -0.1) is 0 Å². The molecule has 9 heteroatoms. The number of benzene rings is 3. The van der Waals surface area contributed by atoms with Gasteiger partial charge < -0.3 is 25.0 Å². The summed E-state index contributed by atoms with van der Waals surface area (Å²) in [5, 5.41) is 21.9. The van der Waals surface area contributed by atoms with Crippen LogP contribution in [0, 0.1) is 0 Å². The zero-order valence-corrected chi connectivity index (χ0v) is 20.8. The van der Waals surface area contributed by atoms with Crippen LogP contribution in [0.4, 0.5) is 11.4 Å². The topological polar surface area (TPSA) is 92.7 Å². The van der Waals surface area contributed by atoms with Gasteiger partial charge in [0.2, 0.25) is 5.91 Å². The summed E-state index contributed by atoms with van der Waals surface area (Å²) in [5.41, 5.74) is 4.56. The number of imidazole rings is 1. The van der Waals surface area contributed by atoms with Crippen molar-refractivity contribution in [1.82, 2.24) is 9.97 Å². The van der Waals surface area contributed by atoms with Crippen molar-refractivity contribution in [2.24, 2.45) is 0 Å². The zero-order chi connectivity index (χ0) is 24.5. The molecule has 1 amide bonds. The van der Waals surface area contributed by atoms with Crippen molar-refractivity contribution in [2.45, 2.75) is 18.9 Å². The average molecular weight is 554 g/mol. The molecule has 1 aromatic heterocycles. The maximum absolute atomic E-state index is 13.7. The van der Waals surface area contributed by atoms with Gasteiger partial charge in [-0.05, 0) is 57.4 Å². The maximum atomic E-state index is 13.7. The summed E-state index contributed by atoms with van der Waals surface area (Å²) in [6, 6.07) is 20.3. The van der Waals surface area contributed by atoms with Crippen molar-refractivity contribution in [3.05, 3.63) is 99.9 Å². The first-order valence-corrected chi connectivity index (χ1v) is 12.1. The second kappa shape index (κ2) is 9.83. The van der Waals surface area contributed by atoms with E-state index in [2.05, 4.69) is 25.9 Å². The third-order valence-corrected chi connectivity index (χ3v) is 6.93. The number of anilines is 2. The fourth-order valence-electron chi connectivity index (χ4n) is 4.32. The predicted octanol–water partition coefficient (Wildman–Crippen LogP) is 4.90. The molecule has 2 atom stereocenters. The van der Waals surface area contributed by atoms with Gasteiger partial charge in [-0.25, -0.2) is 4.98 Å². The van der Waals surface area contributed by atoms with E-state index in [-0.39, 0.29) is 19.0 Å². The van der Waals surface area contributed by atoms with Gasteiger partial charge in [0.15, 0.2) is 6.23 Å². The number of hydrogen-bond donors (Lipinski definition) is 3. The molecule has 3 N–H and O–H groups in total. The number of aliphatic hydroxyl groups is 2. The summed E-state index contributed by atoms with van der Waals surface area (Å²) < 4.78 is 0.698. The zero-order valence-electron chi connectivity index (χ0n) is 18.5. The summed E-state index contributed by atoms with van der Waals surface area (Å²) in [6.45, 7) is 0.162. The number of hydrogen-bond acceptors (Lipinski definition) is 5.